The van der Waals surface area contributed by atoms with Crippen LogP contribution in [0, 0.1) is 10.1 Å². The number of methoxy groups -OCH3 is 1. The molecule has 5 N–H and O–H groups in total. The Labute approximate surface area is 115 Å². The quantitative estimate of drug-likeness (QED) is 0.522. The highest BCUT2D eigenvalue weighted by molar-refractivity contribution is 5.95. The number of nitrogens with zero attached hydrogens (tertiary/aromatic N) is 2. The third-order valence-electron chi connectivity index (χ3n) is 2.89. The number of rotatable bonds is 4. The minimum atomic E-state index is -1.24. The molecule has 8 nitrogen and oxygen atoms in total. The van der Waals surface area contributed by atoms with Crippen LogP contribution < -0.4 is 21.5 Å². The zero-order valence-electron chi connectivity index (χ0n) is 10.9. The van der Waals surface area contributed by atoms with Crippen LogP contribution in [0.1, 0.15) is 5.56 Å². The van der Waals surface area contributed by atoms with Crippen LogP contribution in [0.2, 0.25) is 0 Å². The Morgan fingerprint density at radius 3 is 2.80 bits per heavy atom. The fourth-order valence-electron chi connectivity index (χ4n) is 1.95. The van der Waals surface area contributed by atoms with E-state index in [1.807, 2.05) is 18.2 Å². The third kappa shape index (κ3) is 2.69. The van der Waals surface area contributed by atoms with Crippen molar-refractivity contribution in [2.24, 2.45) is 16.5 Å². The first-order valence-electron chi connectivity index (χ1n) is 5.84. The smallest absolute Gasteiger partial charge is 0.326 e. The van der Waals surface area contributed by atoms with Crippen LogP contribution in [0.4, 0.5) is 0 Å². The Balaban J connectivity index is 2.25. The van der Waals surface area contributed by atoms with Gasteiger partial charge in [0.2, 0.25) is 5.84 Å². The lowest BCUT2D eigenvalue weighted by molar-refractivity contribution is -0.416. The van der Waals surface area contributed by atoms with E-state index in [1.165, 1.54) is 0 Å². The van der Waals surface area contributed by atoms with Crippen molar-refractivity contribution in [3.8, 4) is 5.75 Å². The van der Waals surface area contributed by atoms with Gasteiger partial charge in [-0.25, -0.2) is 4.99 Å². The average Bonchev–Trinajstić information content (AvgIpc) is 2.38. The number of aliphatic imine (C=N–C) groups is 1. The molecule has 0 aliphatic carbocycles. The van der Waals surface area contributed by atoms with Gasteiger partial charge >= 0.3 is 5.70 Å². The topological polar surface area (TPSA) is 129 Å². The van der Waals surface area contributed by atoms with Crippen molar-refractivity contribution < 1.29 is 9.66 Å². The molecule has 0 saturated carbocycles. The fourth-order valence-corrected chi connectivity index (χ4v) is 1.95. The molecule has 2 rings (SSSR count). The summed E-state index contributed by atoms with van der Waals surface area (Å²) in [5.41, 5.74) is 12.2. The Hall–Kier alpha value is -2.61. The van der Waals surface area contributed by atoms with Crippen molar-refractivity contribution in [1.29, 1.82) is 0 Å². The van der Waals surface area contributed by atoms with Crippen LogP contribution in [0.3, 0.4) is 0 Å². The van der Waals surface area contributed by atoms with E-state index < -0.39 is 10.7 Å². The number of para-hydroxylation sites is 1. The summed E-state index contributed by atoms with van der Waals surface area (Å²) >= 11 is 0. The molecule has 1 aliphatic heterocycles. The number of hydrogen-bond donors (Lipinski definition) is 3. The van der Waals surface area contributed by atoms with E-state index in [0.717, 1.165) is 11.8 Å². The van der Waals surface area contributed by atoms with E-state index >= 15 is 0 Å². The van der Waals surface area contributed by atoms with Crippen LogP contribution in [0.15, 0.2) is 41.2 Å². The van der Waals surface area contributed by atoms with Gasteiger partial charge in [-0.15, -0.1) is 0 Å². The van der Waals surface area contributed by atoms with Crippen LogP contribution in [0.25, 0.3) is 0 Å². The second kappa shape index (κ2) is 5.17. The number of nitrogens with two attached hydrogens (primary N) is 2. The van der Waals surface area contributed by atoms with Gasteiger partial charge < -0.3 is 15.8 Å². The molecule has 1 atom stereocenters. The van der Waals surface area contributed by atoms with E-state index in [1.54, 1.807) is 13.2 Å². The normalized spacial score (nSPS) is 21.5. The number of hydrogen-bond acceptors (Lipinski definition) is 7. The molecule has 0 radical (unpaired) electrons. The van der Waals surface area contributed by atoms with Crippen molar-refractivity contribution in [3.63, 3.8) is 0 Å². The Morgan fingerprint density at radius 2 is 2.20 bits per heavy atom. The summed E-state index contributed by atoms with van der Waals surface area (Å²) in [4.78, 5) is 14.1. The SMILES string of the molecule is COc1ccccc1CC1(N)N=C(N)C([N+](=O)[O-])=CN1. The minimum Gasteiger partial charge on any atom is -0.496 e. The van der Waals surface area contributed by atoms with Gasteiger partial charge in [-0.1, -0.05) is 18.2 Å². The van der Waals surface area contributed by atoms with Gasteiger partial charge in [0.05, 0.1) is 18.2 Å². The van der Waals surface area contributed by atoms with Gasteiger partial charge in [0, 0.05) is 6.42 Å². The lowest BCUT2D eigenvalue weighted by atomic mass is 10.1. The van der Waals surface area contributed by atoms with Gasteiger partial charge in [0.25, 0.3) is 0 Å². The number of amidine groups is 1. The van der Waals surface area contributed by atoms with Crippen molar-refractivity contribution >= 4 is 5.84 Å². The Morgan fingerprint density at radius 1 is 1.50 bits per heavy atom. The summed E-state index contributed by atoms with van der Waals surface area (Å²) in [6.45, 7) is 0. The molecule has 0 spiro atoms. The first-order valence-corrected chi connectivity index (χ1v) is 5.84. The number of nitro groups is 1. The Kier molecular flexibility index (Phi) is 3.57. The highest BCUT2D eigenvalue weighted by Gasteiger charge is 2.32. The molecule has 0 amide bonds. The molecule has 0 fully saturated rings. The largest absolute Gasteiger partial charge is 0.496 e. The highest BCUT2D eigenvalue weighted by Crippen LogP contribution is 2.23. The van der Waals surface area contributed by atoms with Crippen molar-refractivity contribution in [2.45, 2.75) is 12.2 Å². The number of benzene rings is 1. The van der Waals surface area contributed by atoms with E-state index in [2.05, 4.69) is 10.3 Å². The van der Waals surface area contributed by atoms with E-state index in [4.69, 9.17) is 16.2 Å². The molecular formula is C12H15N5O3. The molecule has 106 valence electrons. The molecule has 8 heteroatoms. The zero-order chi connectivity index (χ0) is 14.8. The summed E-state index contributed by atoms with van der Waals surface area (Å²) in [7, 11) is 1.55. The van der Waals surface area contributed by atoms with Crippen LogP contribution in [-0.4, -0.2) is 23.7 Å². The van der Waals surface area contributed by atoms with Crippen molar-refractivity contribution in [3.05, 3.63) is 51.8 Å². The number of ether oxygens (including phenoxy) is 1. The minimum absolute atomic E-state index is 0.203. The summed E-state index contributed by atoms with van der Waals surface area (Å²) in [5.74, 6) is -0.777. The summed E-state index contributed by atoms with van der Waals surface area (Å²) in [6.07, 6.45) is 1.44. The van der Waals surface area contributed by atoms with Gasteiger partial charge in [0.1, 0.15) is 5.75 Å². The van der Waals surface area contributed by atoms with Crippen molar-refractivity contribution in [2.75, 3.05) is 7.11 Å². The van der Waals surface area contributed by atoms with E-state index in [9.17, 15) is 10.1 Å². The molecule has 0 bridgehead atoms. The molecular weight excluding hydrogens is 262 g/mol. The molecule has 0 aromatic heterocycles. The molecule has 1 aromatic rings. The summed E-state index contributed by atoms with van der Waals surface area (Å²) in [6, 6.07) is 7.32. The van der Waals surface area contributed by atoms with E-state index in [-0.39, 0.29) is 18.0 Å². The monoisotopic (exact) mass is 277 g/mol. The predicted molar refractivity (Wildman–Crippen MR) is 73.5 cm³/mol. The molecule has 1 aliphatic rings. The van der Waals surface area contributed by atoms with Crippen molar-refractivity contribution in [1.82, 2.24) is 5.32 Å². The van der Waals surface area contributed by atoms with Gasteiger partial charge in [-0.2, -0.15) is 0 Å². The first kappa shape index (κ1) is 13.8. The maximum Gasteiger partial charge on any atom is 0.326 e. The lowest BCUT2D eigenvalue weighted by Crippen LogP contribution is -2.55. The third-order valence-corrected chi connectivity index (χ3v) is 2.89. The molecule has 20 heavy (non-hydrogen) atoms. The second-order valence-corrected chi connectivity index (χ2v) is 4.34. The van der Waals surface area contributed by atoms with Gasteiger partial charge in [-0.05, 0) is 11.6 Å². The summed E-state index contributed by atoms with van der Waals surface area (Å²) < 4.78 is 5.23. The molecule has 1 aromatic carbocycles. The maximum atomic E-state index is 10.7. The summed E-state index contributed by atoms with van der Waals surface area (Å²) in [5, 5.41) is 13.4. The standard InChI is InChI=1S/C12H15N5O3/c1-20-10-5-3-2-4-8(10)6-12(14)15-7-9(17(18)19)11(13)16-12/h2-5,7,15H,6,14H2,1H3,(H2,13,16). The average molecular weight is 277 g/mol. The van der Waals surface area contributed by atoms with Crippen LogP contribution in [0.5, 0.6) is 5.75 Å². The predicted octanol–water partition coefficient (Wildman–Crippen LogP) is -0.0713. The van der Waals surface area contributed by atoms with Gasteiger partial charge in [-0.3, -0.25) is 15.8 Å². The molecule has 1 heterocycles. The second-order valence-electron chi connectivity index (χ2n) is 4.34. The van der Waals surface area contributed by atoms with Gasteiger partial charge in [0.15, 0.2) is 5.79 Å². The maximum absolute atomic E-state index is 10.7. The van der Waals surface area contributed by atoms with Crippen LogP contribution >= 0.6 is 0 Å². The Bertz CT molecular complexity index is 599. The lowest BCUT2D eigenvalue weighted by Gasteiger charge is -2.28. The highest BCUT2D eigenvalue weighted by atomic mass is 16.6. The van der Waals surface area contributed by atoms with Crippen LogP contribution in [-0.2, 0) is 6.42 Å². The van der Waals surface area contributed by atoms with E-state index in [0.29, 0.717) is 5.75 Å². The first-order chi connectivity index (χ1) is 9.45. The molecule has 0 saturated heterocycles. The zero-order valence-corrected chi connectivity index (χ0v) is 10.9. The molecule has 1 unspecified atom stereocenters. The fraction of sp³-hybridized carbons (Fsp3) is 0.250. The number of nitrogens with one attached hydrogen (secondary N) is 1.